The zero-order chi connectivity index (χ0) is 14.1. The Morgan fingerprint density at radius 2 is 2.19 bits per heavy atom. The van der Waals surface area contributed by atoms with Crippen LogP contribution in [0.3, 0.4) is 0 Å². The van der Waals surface area contributed by atoms with Crippen LogP contribution in [0.15, 0.2) is 24.0 Å². The molecule has 2 aliphatic rings. The van der Waals surface area contributed by atoms with Crippen LogP contribution < -0.4 is 5.32 Å². The molecule has 0 aliphatic heterocycles. The van der Waals surface area contributed by atoms with Gasteiger partial charge in [0.1, 0.15) is 5.82 Å². The lowest BCUT2D eigenvalue weighted by molar-refractivity contribution is 0.679. The monoisotopic (exact) mass is 283 g/mol. The molecule has 0 spiro atoms. The number of fused-ring (bicyclic) bond motifs is 1. The lowest BCUT2D eigenvalue weighted by atomic mass is 9.97. The first kappa shape index (κ1) is 12.8. The third-order valence-electron chi connectivity index (χ3n) is 4.42. The summed E-state index contributed by atoms with van der Waals surface area (Å²) in [6.07, 6.45) is 15.0. The second kappa shape index (κ2) is 5.47. The van der Waals surface area contributed by atoms with Crippen molar-refractivity contribution < 1.29 is 0 Å². The van der Waals surface area contributed by atoms with Gasteiger partial charge in [-0.3, -0.25) is 4.40 Å². The molecule has 2 aliphatic carbocycles. The molecule has 5 heteroatoms. The first-order chi connectivity index (χ1) is 10.4. The van der Waals surface area contributed by atoms with E-state index in [2.05, 4.69) is 31.0 Å². The molecular formula is C16H21N5. The molecule has 0 atom stereocenters. The number of aromatic nitrogens is 4. The molecule has 0 unspecified atom stereocenters. The highest BCUT2D eigenvalue weighted by Crippen LogP contribution is 2.39. The Hall–Kier alpha value is -1.91. The van der Waals surface area contributed by atoms with E-state index in [1.54, 1.807) is 5.57 Å². The Morgan fingerprint density at radius 3 is 3.00 bits per heavy atom. The van der Waals surface area contributed by atoms with E-state index in [0.29, 0.717) is 5.92 Å². The van der Waals surface area contributed by atoms with E-state index in [0.717, 1.165) is 30.3 Å². The molecule has 110 valence electrons. The van der Waals surface area contributed by atoms with Crippen LogP contribution in [0.5, 0.6) is 0 Å². The van der Waals surface area contributed by atoms with Crippen LogP contribution in [0.4, 0.5) is 5.82 Å². The van der Waals surface area contributed by atoms with Crippen LogP contribution in [0.25, 0.3) is 5.65 Å². The highest BCUT2D eigenvalue weighted by atomic mass is 15.3. The molecule has 21 heavy (non-hydrogen) atoms. The molecule has 0 saturated heterocycles. The maximum absolute atomic E-state index is 4.43. The van der Waals surface area contributed by atoms with Gasteiger partial charge in [-0.15, -0.1) is 10.2 Å². The molecule has 0 amide bonds. The minimum Gasteiger partial charge on any atom is -0.367 e. The fourth-order valence-corrected chi connectivity index (χ4v) is 3.06. The zero-order valence-electron chi connectivity index (χ0n) is 12.3. The summed E-state index contributed by atoms with van der Waals surface area (Å²) in [5.41, 5.74) is 2.44. The number of allylic oxidation sites excluding steroid dienone is 1. The summed E-state index contributed by atoms with van der Waals surface area (Å²) in [6, 6.07) is 0. The lowest BCUT2D eigenvalue weighted by Crippen LogP contribution is -2.07. The van der Waals surface area contributed by atoms with Crippen molar-refractivity contribution in [2.24, 2.45) is 0 Å². The average Bonchev–Trinajstić information content (AvgIpc) is 3.28. The van der Waals surface area contributed by atoms with E-state index in [4.69, 9.17) is 0 Å². The van der Waals surface area contributed by atoms with Gasteiger partial charge < -0.3 is 5.32 Å². The summed E-state index contributed by atoms with van der Waals surface area (Å²) in [6.45, 7) is 0.921. The summed E-state index contributed by atoms with van der Waals surface area (Å²) in [7, 11) is 0. The fourth-order valence-electron chi connectivity index (χ4n) is 3.06. The van der Waals surface area contributed by atoms with E-state index < -0.39 is 0 Å². The number of anilines is 1. The van der Waals surface area contributed by atoms with Gasteiger partial charge in [-0.05, 0) is 44.9 Å². The van der Waals surface area contributed by atoms with E-state index in [1.165, 1.54) is 38.5 Å². The summed E-state index contributed by atoms with van der Waals surface area (Å²) >= 11 is 0. The van der Waals surface area contributed by atoms with Crippen molar-refractivity contribution in [2.45, 2.75) is 50.9 Å². The second-order valence-electron chi connectivity index (χ2n) is 6.09. The molecule has 2 heterocycles. The molecular weight excluding hydrogens is 262 g/mol. The van der Waals surface area contributed by atoms with Gasteiger partial charge in [-0.2, -0.15) is 0 Å². The van der Waals surface area contributed by atoms with Crippen LogP contribution in [0.1, 0.15) is 56.7 Å². The normalized spacial score (nSPS) is 18.8. The molecule has 5 nitrogen and oxygen atoms in total. The average molecular weight is 283 g/mol. The lowest BCUT2D eigenvalue weighted by Gasteiger charge is -2.13. The molecule has 2 aromatic rings. The predicted octanol–water partition coefficient (Wildman–Crippen LogP) is 3.30. The highest BCUT2D eigenvalue weighted by Gasteiger charge is 2.29. The third kappa shape index (κ3) is 2.64. The smallest absolute Gasteiger partial charge is 0.203 e. The summed E-state index contributed by atoms with van der Waals surface area (Å²) in [5, 5.41) is 12.1. The van der Waals surface area contributed by atoms with Gasteiger partial charge in [-0.1, -0.05) is 11.6 Å². The van der Waals surface area contributed by atoms with Crippen molar-refractivity contribution in [3.05, 3.63) is 29.9 Å². The summed E-state index contributed by atoms with van der Waals surface area (Å²) < 4.78 is 2.09. The van der Waals surface area contributed by atoms with Crippen molar-refractivity contribution >= 4 is 11.5 Å². The van der Waals surface area contributed by atoms with Crippen molar-refractivity contribution in [1.29, 1.82) is 0 Å². The second-order valence-corrected chi connectivity index (χ2v) is 6.09. The maximum atomic E-state index is 4.43. The first-order valence-electron chi connectivity index (χ1n) is 8.03. The Bertz CT molecular complexity index is 668. The van der Waals surface area contributed by atoms with E-state index in [9.17, 15) is 0 Å². The number of hydrogen-bond acceptors (Lipinski definition) is 4. The molecule has 2 aromatic heterocycles. The standard InChI is InChI=1S/C16H21N5/c1-2-4-12(5-3-1)8-9-17-14-16-20-19-15(13-6-7-13)21(16)11-10-18-14/h4,10-11,13H,1-3,5-9H2,(H,17,18). The van der Waals surface area contributed by atoms with Crippen molar-refractivity contribution in [3.8, 4) is 0 Å². The molecule has 1 N–H and O–H groups in total. The van der Waals surface area contributed by atoms with Crippen molar-refractivity contribution in [3.63, 3.8) is 0 Å². The van der Waals surface area contributed by atoms with Gasteiger partial charge in [0.05, 0.1) is 0 Å². The van der Waals surface area contributed by atoms with Crippen LogP contribution in [-0.4, -0.2) is 26.1 Å². The Morgan fingerprint density at radius 1 is 1.24 bits per heavy atom. The van der Waals surface area contributed by atoms with Gasteiger partial charge in [0.15, 0.2) is 5.82 Å². The highest BCUT2D eigenvalue weighted by molar-refractivity contribution is 5.62. The van der Waals surface area contributed by atoms with Gasteiger partial charge in [0, 0.05) is 24.9 Å². The number of nitrogens with zero attached hydrogens (tertiary/aromatic N) is 4. The molecule has 0 bridgehead atoms. The Balaban J connectivity index is 1.47. The molecule has 4 rings (SSSR count). The van der Waals surface area contributed by atoms with Gasteiger partial charge >= 0.3 is 0 Å². The topological polar surface area (TPSA) is 55.1 Å². The first-order valence-corrected chi connectivity index (χ1v) is 8.03. The predicted molar refractivity (Wildman–Crippen MR) is 82.4 cm³/mol. The SMILES string of the molecule is C1=C(CCNc2nccn3c(C4CC4)nnc23)CCCC1. The molecule has 1 saturated carbocycles. The zero-order valence-corrected chi connectivity index (χ0v) is 12.3. The van der Waals surface area contributed by atoms with E-state index in [1.807, 2.05) is 12.4 Å². The van der Waals surface area contributed by atoms with Crippen LogP contribution in [0, 0.1) is 0 Å². The Kier molecular flexibility index (Phi) is 3.33. The molecule has 0 aromatic carbocycles. The third-order valence-corrected chi connectivity index (χ3v) is 4.42. The Labute approximate surface area is 124 Å². The molecule has 1 fully saturated rings. The fraction of sp³-hybridized carbons (Fsp3) is 0.562. The van der Waals surface area contributed by atoms with Crippen LogP contribution in [-0.2, 0) is 0 Å². The quantitative estimate of drug-likeness (QED) is 0.855. The number of nitrogens with one attached hydrogen (secondary N) is 1. The van der Waals surface area contributed by atoms with Crippen molar-refractivity contribution in [1.82, 2.24) is 19.6 Å². The van der Waals surface area contributed by atoms with Gasteiger partial charge in [0.25, 0.3) is 0 Å². The number of rotatable bonds is 5. The minimum absolute atomic E-state index is 0.600. The maximum Gasteiger partial charge on any atom is 0.203 e. The number of hydrogen-bond donors (Lipinski definition) is 1. The molecule has 0 radical (unpaired) electrons. The van der Waals surface area contributed by atoms with Crippen LogP contribution in [0.2, 0.25) is 0 Å². The van der Waals surface area contributed by atoms with Crippen molar-refractivity contribution in [2.75, 3.05) is 11.9 Å². The largest absolute Gasteiger partial charge is 0.367 e. The van der Waals surface area contributed by atoms with E-state index >= 15 is 0 Å². The minimum atomic E-state index is 0.600. The van der Waals surface area contributed by atoms with Gasteiger partial charge in [-0.25, -0.2) is 4.98 Å². The summed E-state index contributed by atoms with van der Waals surface area (Å²) in [4.78, 5) is 4.43. The summed E-state index contributed by atoms with van der Waals surface area (Å²) in [5.74, 6) is 2.54. The van der Waals surface area contributed by atoms with Crippen LogP contribution >= 0.6 is 0 Å². The van der Waals surface area contributed by atoms with Gasteiger partial charge in [0.2, 0.25) is 5.65 Å². The van der Waals surface area contributed by atoms with E-state index in [-0.39, 0.29) is 0 Å².